The van der Waals surface area contributed by atoms with Gasteiger partial charge in [0.2, 0.25) is 0 Å². The van der Waals surface area contributed by atoms with Crippen LogP contribution < -0.4 is 0 Å². The molecule has 0 saturated heterocycles. The van der Waals surface area contributed by atoms with Crippen molar-refractivity contribution in [3.05, 3.63) is 57.5 Å². The molecule has 2 aromatic heterocycles. The molecule has 0 spiro atoms. The summed E-state index contributed by atoms with van der Waals surface area (Å²) in [5.41, 5.74) is 1.52. The number of carboxylic acid groups (broad SMARTS) is 1. The minimum absolute atomic E-state index is 0.0236. The summed E-state index contributed by atoms with van der Waals surface area (Å²) < 4.78 is 2.57. The summed E-state index contributed by atoms with van der Waals surface area (Å²) in [6, 6.07) is 11.5. The normalized spacial score (nSPS) is 10.7. The number of nitrogens with zero attached hydrogens (tertiary/aromatic N) is 3. The van der Waals surface area contributed by atoms with Crippen LogP contribution in [0.5, 0.6) is 0 Å². The summed E-state index contributed by atoms with van der Waals surface area (Å²) in [6.07, 6.45) is 0. The third kappa shape index (κ3) is 2.74. The zero-order valence-corrected chi connectivity index (χ0v) is 13.1. The molecule has 0 saturated carbocycles. The maximum atomic E-state index is 11.3. The second kappa shape index (κ2) is 5.79. The van der Waals surface area contributed by atoms with Gasteiger partial charge in [-0.2, -0.15) is 0 Å². The minimum Gasteiger partial charge on any atom is -0.476 e. The predicted molar refractivity (Wildman–Crippen MR) is 83.5 cm³/mol. The molecule has 0 radical (unpaired) electrons. The van der Waals surface area contributed by atoms with Gasteiger partial charge in [-0.25, -0.2) is 9.48 Å². The van der Waals surface area contributed by atoms with Crippen LogP contribution in [0.3, 0.4) is 0 Å². The Balaban J connectivity index is 2.08. The van der Waals surface area contributed by atoms with Crippen molar-refractivity contribution in [3.8, 4) is 10.6 Å². The number of hydrogen-bond donors (Lipinski definition) is 1. The van der Waals surface area contributed by atoms with Gasteiger partial charge in [-0.1, -0.05) is 45.4 Å². The average molecular weight is 364 g/mol. The molecule has 0 amide bonds. The van der Waals surface area contributed by atoms with Crippen LogP contribution in [0.1, 0.15) is 16.1 Å². The third-order valence-corrected chi connectivity index (χ3v) is 4.62. The summed E-state index contributed by atoms with van der Waals surface area (Å²) in [7, 11) is 0. The Morgan fingerprint density at radius 2 is 2.10 bits per heavy atom. The van der Waals surface area contributed by atoms with Crippen LogP contribution >= 0.6 is 27.3 Å². The Hall–Kier alpha value is -1.99. The Morgan fingerprint density at radius 1 is 1.29 bits per heavy atom. The molecule has 0 atom stereocenters. The van der Waals surface area contributed by atoms with E-state index in [2.05, 4.69) is 26.2 Å². The first-order valence-corrected chi connectivity index (χ1v) is 7.78. The van der Waals surface area contributed by atoms with Gasteiger partial charge in [-0.05, 0) is 23.1 Å². The summed E-state index contributed by atoms with van der Waals surface area (Å²) in [5.74, 6) is -1.07. The smallest absolute Gasteiger partial charge is 0.358 e. The number of rotatable bonds is 4. The van der Waals surface area contributed by atoms with Gasteiger partial charge in [0.25, 0.3) is 0 Å². The highest BCUT2D eigenvalue weighted by Crippen LogP contribution is 2.28. The van der Waals surface area contributed by atoms with Crippen LogP contribution in [-0.2, 0) is 6.54 Å². The second-order valence-electron chi connectivity index (χ2n) is 4.32. The van der Waals surface area contributed by atoms with Crippen LogP contribution in [0.4, 0.5) is 0 Å². The molecular weight excluding hydrogens is 354 g/mol. The highest BCUT2D eigenvalue weighted by atomic mass is 79.9. The first-order chi connectivity index (χ1) is 10.2. The number of halogens is 1. The van der Waals surface area contributed by atoms with Crippen molar-refractivity contribution < 1.29 is 9.90 Å². The fourth-order valence-corrected chi connectivity index (χ4v) is 3.20. The fraction of sp³-hybridized carbons (Fsp3) is 0.0714. The van der Waals surface area contributed by atoms with E-state index in [1.54, 1.807) is 4.68 Å². The van der Waals surface area contributed by atoms with Gasteiger partial charge in [0, 0.05) is 4.47 Å². The molecule has 3 rings (SSSR count). The molecule has 5 nitrogen and oxygen atoms in total. The molecule has 106 valence electrons. The quantitative estimate of drug-likeness (QED) is 0.769. The van der Waals surface area contributed by atoms with Gasteiger partial charge in [0.15, 0.2) is 5.69 Å². The first-order valence-electron chi connectivity index (χ1n) is 6.11. The molecule has 3 aromatic rings. The molecule has 2 heterocycles. The molecule has 0 aliphatic carbocycles. The van der Waals surface area contributed by atoms with Gasteiger partial charge in [-0.15, -0.1) is 16.4 Å². The maximum Gasteiger partial charge on any atom is 0.358 e. The van der Waals surface area contributed by atoms with Gasteiger partial charge >= 0.3 is 5.97 Å². The number of carbonyl (C=O) groups is 1. The van der Waals surface area contributed by atoms with E-state index in [0.717, 1.165) is 14.9 Å². The standard InChI is InChI=1S/C14H10BrN3O2S/c15-10-5-2-1-4-9(10)8-18-13(11-6-3-7-21-11)12(14(19)20)16-17-18/h1-7H,8H2,(H,19,20). The van der Waals surface area contributed by atoms with Crippen molar-refractivity contribution in [2.75, 3.05) is 0 Å². The zero-order valence-electron chi connectivity index (χ0n) is 10.7. The highest BCUT2D eigenvalue weighted by Gasteiger charge is 2.21. The molecule has 0 bridgehead atoms. The molecular formula is C14H10BrN3O2S. The number of hydrogen-bond acceptors (Lipinski definition) is 4. The van der Waals surface area contributed by atoms with Crippen molar-refractivity contribution in [2.45, 2.75) is 6.54 Å². The Morgan fingerprint density at radius 3 is 2.76 bits per heavy atom. The molecule has 0 aliphatic rings. The van der Waals surface area contributed by atoms with E-state index < -0.39 is 5.97 Å². The van der Waals surface area contributed by atoms with Crippen LogP contribution in [0.15, 0.2) is 46.3 Å². The topological polar surface area (TPSA) is 68.0 Å². The largest absolute Gasteiger partial charge is 0.476 e. The number of benzene rings is 1. The Bertz CT molecular complexity index is 783. The van der Waals surface area contributed by atoms with Crippen LogP contribution in [0.2, 0.25) is 0 Å². The first kappa shape index (κ1) is 14.0. The maximum absolute atomic E-state index is 11.3. The van der Waals surface area contributed by atoms with Gasteiger partial charge < -0.3 is 5.11 Å². The highest BCUT2D eigenvalue weighted by molar-refractivity contribution is 9.10. The zero-order chi connectivity index (χ0) is 14.8. The summed E-state index contributed by atoms with van der Waals surface area (Å²) in [4.78, 5) is 12.2. The molecule has 21 heavy (non-hydrogen) atoms. The van der Waals surface area contributed by atoms with E-state index in [1.165, 1.54) is 11.3 Å². The van der Waals surface area contributed by atoms with Crippen LogP contribution in [0.25, 0.3) is 10.6 Å². The van der Waals surface area contributed by atoms with Gasteiger partial charge in [0.1, 0.15) is 5.69 Å². The average Bonchev–Trinajstić information content (AvgIpc) is 3.09. The number of aromatic carboxylic acids is 1. The van der Waals surface area contributed by atoms with E-state index in [9.17, 15) is 9.90 Å². The van der Waals surface area contributed by atoms with Crippen LogP contribution in [-0.4, -0.2) is 26.1 Å². The van der Waals surface area contributed by atoms with Crippen molar-refractivity contribution in [1.29, 1.82) is 0 Å². The molecule has 1 aromatic carbocycles. The van der Waals surface area contributed by atoms with E-state index >= 15 is 0 Å². The number of aromatic nitrogens is 3. The summed E-state index contributed by atoms with van der Waals surface area (Å²) in [5, 5.41) is 19.0. The van der Waals surface area contributed by atoms with Gasteiger partial charge in [-0.3, -0.25) is 0 Å². The lowest BCUT2D eigenvalue weighted by atomic mass is 10.2. The van der Waals surface area contributed by atoms with Gasteiger partial charge in [0.05, 0.1) is 11.4 Å². The lowest BCUT2D eigenvalue weighted by Gasteiger charge is -2.07. The summed E-state index contributed by atoms with van der Waals surface area (Å²) in [6.45, 7) is 0.453. The Labute approximate surface area is 133 Å². The molecule has 0 aliphatic heterocycles. The predicted octanol–water partition coefficient (Wildman–Crippen LogP) is 3.52. The number of thiophene rings is 1. The summed E-state index contributed by atoms with van der Waals surface area (Å²) >= 11 is 4.95. The third-order valence-electron chi connectivity index (χ3n) is 2.97. The lowest BCUT2D eigenvalue weighted by molar-refractivity contribution is 0.0691. The molecule has 1 N–H and O–H groups in total. The molecule has 0 fully saturated rings. The molecule has 0 unspecified atom stereocenters. The van der Waals surface area contributed by atoms with Crippen molar-refractivity contribution in [3.63, 3.8) is 0 Å². The lowest BCUT2D eigenvalue weighted by Crippen LogP contribution is -2.06. The van der Waals surface area contributed by atoms with Crippen molar-refractivity contribution in [2.24, 2.45) is 0 Å². The van der Waals surface area contributed by atoms with E-state index in [0.29, 0.717) is 12.2 Å². The van der Waals surface area contributed by atoms with E-state index in [-0.39, 0.29) is 5.69 Å². The number of carboxylic acids is 1. The monoisotopic (exact) mass is 363 g/mol. The fourth-order valence-electron chi connectivity index (χ4n) is 2.01. The second-order valence-corrected chi connectivity index (χ2v) is 6.12. The van der Waals surface area contributed by atoms with E-state index in [1.807, 2.05) is 41.8 Å². The minimum atomic E-state index is -1.07. The van der Waals surface area contributed by atoms with Crippen molar-refractivity contribution >= 4 is 33.2 Å². The molecule has 7 heteroatoms. The SMILES string of the molecule is O=C(O)c1nnn(Cc2ccccc2Br)c1-c1cccs1. The van der Waals surface area contributed by atoms with Crippen molar-refractivity contribution in [1.82, 2.24) is 15.0 Å². The van der Waals surface area contributed by atoms with Crippen LogP contribution in [0, 0.1) is 0 Å². The Kier molecular flexibility index (Phi) is 3.85. The van der Waals surface area contributed by atoms with E-state index in [4.69, 9.17) is 0 Å².